The fourth-order valence-electron chi connectivity index (χ4n) is 3.70. The first-order chi connectivity index (χ1) is 16.2. The van der Waals surface area contributed by atoms with Crippen molar-refractivity contribution in [2.45, 2.75) is 20.3 Å². The van der Waals surface area contributed by atoms with E-state index in [2.05, 4.69) is 15.0 Å². The maximum Gasteiger partial charge on any atom is 0.258 e. The molecule has 4 rings (SSSR count). The molecule has 1 aliphatic heterocycles. The van der Waals surface area contributed by atoms with Crippen LogP contribution in [-0.2, 0) is 6.42 Å². The first kappa shape index (κ1) is 23.4. The average molecular weight is 484 g/mol. The van der Waals surface area contributed by atoms with Gasteiger partial charge in [0.25, 0.3) is 5.91 Å². The molecule has 0 spiro atoms. The smallest absolute Gasteiger partial charge is 0.258 e. The van der Waals surface area contributed by atoms with Crippen LogP contribution in [0.2, 0.25) is 5.02 Å². The number of nitrogens with two attached hydrogens (primary N) is 1. The van der Waals surface area contributed by atoms with E-state index in [-0.39, 0.29) is 42.7 Å². The number of hydrogen-bond acceptors (Lipinski definition) is 7. The van der Waals surface area contributed by atoms with Gasteiger partial charge in [0.2, 0.25) is 0 Å². The van der Waals surface area contributed by atoms with Gasteiger partial charge in [-0.2, -0.15) is 0 Å². The van der Waals surface area contributed by atoms with Crippen LogP contribution in [0, 0.1) is 19.7 Å². The predicted octanol–water partition coefficient (Wildman–Crippen LogP) is 3.43. The van der Waals surface area contributed by atoms with Crippen LogP contribution in [0.4, 0.5) is 4.39 Å². The molecule has 0 saturated carbocycles. The molecule has 1 amide bonds. The number of aromatic hydroxyl groups is 1. The zero-order valence-electron chi connectivity index (χ0n) is 18.7. The highest BCUT2D eigenvalue weighted by atomic mass is 35.5. The summed E-state index contributed by atoms with van der Waals surface area (Å²) < 4.78 is 19.7. The summed E-state index contributed by atoms with van der Waals surface area (Å²) in [5.41, 5.74) is 9.59. The summed E-state index contributed by atoms with van der Waals surface area (Å²) in [6, 6.07) is 5.35. The number of aryl methyl sites for hydroxylation is 2. The number of halogens is 2. The van der Waals surface area contributed by atoms with Crippen molar-refractivity contribution in [3.05, 3.63) is 81.5 Å². The van der Waals surface area contributed by atoms with E-state index >= 15 is 0 Å². The summed E-state index contributed by atoms with van der Waals surface area (Å²) in [6.45, 7) is 4.12. The molecule has 176 valence electrons. The molecular weight excluding hydrogens is 461 g/mol. The number of nitrogens with zero attached hydrogens (tertiary/aromatic N) is 4. The van der Waals surface area contributed by atoms with Crippen molar-refractivity contribution in [2.24, 2.45) is 5.73 Å². The van der Waals surface area contributed by atoms with E-state index in [9.17, 15) is 14.3 Å². The van der Waals surface area contributed by atoms with E-state index in [0.717, 1.165) is 5.56 Å². The van der Waals surface area contributed by atoms with Gasteiger partial charge in [-0.05, 0) is 37.6 Å². The van der Waals surface area contributed by atoms with Crippen LogP contribution in [-0.4, -0.2) is 50.6 Å². The lowest BCUT2D eigenvalue weighted by Gasteiger charge is -2.19. The third kappa shape index (κ3) is 4.94. The molecule has 3 aromatic rings. The number of carbonyl (C=O) groups excluding carboxylic acids is 1. The Balaban J connectivity index is 1.50. The average Bonchev–Trinajstić information content (AvgIpc) is 3.18. The van der Waals surface area contributed by atoms with Crippen LogP contribution < -0.4 is 10.5 Å². The SMILES string of the molecule is Cc1nc(C2=C(N)CN(C(=O)c3ccc(F)cc3OCCc3cncc(O)c3)C2)nc(C)c1Cl. The lowest BCUT2D eigenvalue weighted by molar-refractivity contribution is 0.0794. The van der Waals surface area contributed by atoms with E-state index in [1.807, 2.05) is 0 Å². The third-order valence-corrected chi connectivity index (χ3v) is 5.99. The molecule has 0 radical (unpaired) electrons. The molecule has 2 aromatic heterocycles. The second kappa shape index (κ2) is 9.64. The highest BCUT2D eigenvalue weighted by molar-refractivity contribution is 6.31. The van der Waals surface area contributed by atoms with Gasteiger partial charge in [0, 0.05) is 30.0 Å². The van der Waals surface area contributed by atoms with E-state index in [4.69, 9.17) is 22.1 Å². The van der Waals surface area contributed by atoms with Gasteiger partial charge >= 0.3 is 0 Å². The second-order valence-corrected chi connectivity index (χ2v) is 8.37. The summed E-state index contributed by atoms with van der Waals surface area (Å²) >= 11 is 6.17. The second-order valence-electron chi connectivity index (χ2n) is 7.99. The normalized spacial score (nSPS) is 13.5. The van der Waals surface area contributed by atoms with Crippen molar-refractivity contribution < 1.29 is 19.0 Å². The van der Waals surface area contributed by atoms with Gasteiger partial charge in [0.05, 0.1) is 47.9 Å². The standard InChI is InChI=1S/C24H23ClFN5O3/c1-13-22(25)14(2)30-23(29-13)19-11-31(12-20(19)27)24(33)18-4-3-16(26)8-21(18)34-6-5-15-7-17(32)10-28-9-15/h3-4,7-10,32H,5-6,11-12,27H2,1-2H3. The number of hydrogen-bond donors (Lipinski definition) is 2. The van der Waals surface area contributed by atoms with Gasteiger partial charge in [-0.3, -0.25) is 9.78 Å². The Hall–Kier alpha value is -3.72. The van der Waals surface area contributed by atoms with E-state index in [1.165, 1.54) is 29.3 Å². The predicted molar refractivity (Wildman–Crippen MR) is 125 cm³/mol. The number of amides is 1. The molecular formula is C24H23ClFN5O3. The summed E-state index contributed by atoms with van der Waals surface area (Å²) in [6.07, 6.45) is 3.35. The number of pyridine rings is 1. The summed E-state index contributed by atoms with van der Waals surface area (Å²) in [4.78, 5) is 27.6. The number of ether oxygens (including phenoxy) is 1. The summed E-state index contributed by atoms with van der Waals surface area (Å²) in [5.74, 6) is -0.272. The van der Waals surface area contributed by atoms with Gasteiger partial charge < -0.3 is 20.5 Å². The van der Waals surface area contributed by atoms with Crippen LogP contribution in [0.15, 0.2) is 42.4 Å². The zero-order valence-corrected chi connectivity index (χ0v) is 19.4. The molecule has 1 aromatic carbocycles. The van der Waals surface area contributed by atoms with Gasteiger partial charge in [-0.25, -0.2) is 14.4 Å². The number of aromatic nitrogens is 3. The Morgan fingerprint density at radius 3 is 2.65 bits per heavy atom. The van der Waals surface area contributed by atoms with Crippen LogP contribution >= 0.6 is 11.6 Å². The lowest BCUT2D eigenvalue weighted by atomic mass is 10.1. The Bertz CT molecular complexity index is 1270. The number of carbonyl (C=O) groups is 1. The van der Waals surface area contributed by atoms with Gasteiger partial charge in [0.1, 0.15) is 17.3 Å². The molecule has 10 heteroatoms. The summed E-state index contributed by atoms with van der Waals surface area (Å²) in [5, 5.41) is 10.0. The fraction of sp³-hybridized carbons (Fsp3) is 0.250. The van der Waals surface area contributed by atoms with Crippen molar-refractivity contribution in [3.8, 4) is 11.5 Å². The van der Waals surface area contributed by atoms with Crippen LogP contribution in [0.3, 0.4) is 0 Å². The maximum atomic E-state index is 13.9. The first-order valence-corrected chi connectivity index (χ1v) is 10.9. The Morgan fingerprint density at radius 2 is 1.94 bits per heavy atom. The van der Waals surface area contributed by atoms with Crippen LogP contribution in [0.25, 0.3) is 5.57 Å². The minimum atomic E-state index is -0.522. The van der Waals surface area contributed by atoms with Crippen molar-refractivity contribution in [1.82, 2.24) is 19.9 Å². The highest BCUT2D eigenvalue weighted by Crippen LogP contribution is 2.28. The number of benzene rings is 1. The molecule has 0 atom stereocenters. The Labute approximate surface area is 200 Å². The van der Waals surface area contributed by atoms with Gasteiger partial charge in [0.15, 0.2) is 5.82 Å². The zero-order chi connectivity index (χ0) is 24.4. The molecule has 0 unspecified atom stereocenters. The fourth-order valence-corrected chi connectivity index (χ4v) is 3.78. The number of rotatable bonds is 6. The van der Waals surface area contributed by atoms with Gasteiger partial charge in [-0.1, -0.05) is 11.6 Å². The van der Waals surface area contributed by atoms with Crippen molar-refractivity contribution in [2.75, 3.05) is 19.7 Å². The van der Waals surface area contributed by atoms with Crippen molar-refractivity contribution in [3.63, 3.8) is 0 Å². The topological polar surface area (TPSA) is 114 Å². The highest BCUT2D eigenvalue weighted by Gasteiger charge is 2.29. The molecule has 1 aliphatic rings. The minimum absolute atomic E-state index is 0.0455. The third-order valence-electron chi connectivity index (χ3n) is 5.44. The van der Waals surface area contributed by atoms with Crippen LogP contribution in [0.1, 0.15) is 33.1 Å². The molecule has 8 nitrogen and oxygen atoms in total. The van der Waals surface area contributed by atoms with E-state index in [0.29, 0.717) is 39.9 Å². The van der Waals surface area contributed by atoms with Crippen molar-refractivity contribution in [1.29, 1.82) is 0 Å². The molecule has 0 saturated heterocycles. The summed E-state index contributed by atoms with van der Waals surface area (Å²) in [7, 11) is 0. The molecule has 0 fully saturated rings. The monoisotopic (exact) mass is 483 g/mol. The molecule has 0 bridgehead atoms. The molecule has 3 heterocycles. The molecule has 3 N–H and O–H groups in total. The quantitative estimate of drug-likeness (QED) is 0.552. The molecule has 34 heavy (non-hydrogen) atoms. The first-order valence-electron chi connectivity index (χ1n) is 10.6. The lowest BCUT2D eigenvalue weighted by Crippen LogP contribution is -2.30. The van der Waals surface area contributed by atoms with Gasteiger partial charge in [-0.15, -0.1) is 0 Å². The van der Waals surface area contributed by atoms with Crippen molar-refractivity contribution >= 4 is 23.1 Å². The molecule has 0 aliphatic carbocycles. The minimum Gasteiger partial charge on any atom is -0.506 e. The largest absolute Gasteiger partial charge is 0.506 e. The van der Waals surface area contributed by atoms with Crippen LogP contribution in [0.5, 0.6) is 11.5 Å². The van der Waals surface area contributed by atoms with E-state index < -0.39 is 5.82 Å². The van der Waals surface area contributed by atoms with E-state index in [1.54, 1.807) is 26.1 Å². The Morgan fingerprint density at radius 1 is 1.21 bits per heavy atom. The maximum absolute atomic E-state index is 13.9. The Kier molecular flexibility index (Phi) is 6.65.